The fraction of sp³-hybridized carbons (Fsp3) is 0.190. The molecule has 1 atom stereocenters. The Hall–Kier alpha value is -3.55. The monoisotopic (exact) mass is 392 g/mol. The number of ether oxygens (including phenoxy) is 2. The number of aromatic nitrogens is 2. The molecule has 0 bridgehead atoms. The van der Waals surface area contributed by atoms with Crippen molar-refractivity contribution in [2.24, 2.45) is 0 Å². The number of carbonyl (C=O) groups excluding carboxylic acids is 1. The van der Waals surface area contributed by atoms with Crippen LogP contribution in [0.5, 0.6) is 11.5 Å². The van der Waals surface area contributed by atoms with Gasteiger partial charge < -0.3 is 14.6 Å². The van der Waals surface area contributed by atoms with E-state index in [1.54, 1.807) is 29.1 Å². The van der Waals surface area contributed by atoms with Crippen LogP contribution in [0.3, 0.4) is 0 Å². The summed E-state index contributed by atoms with van der Waals surface area (Å²) in [5.74, 6) is -0.532. The SMILES string of the molecule is Bc1ccc(OC(C)C(=O)O)c(C(=O)c2cnn(-c3ccccc3OCC)c2)c1. The normalized spacial score (nSPS) is 11.7. The van der Waals surface area contributed by atoms with E-state index in [0.29, 0.717) is 23.6 Å². The molecule has 1 aromatic heterocycles. The van der Waals surface area contributed by atoms with Gasteiger partial charge in [0.2, 0.25) is 0 Å². The zero-order valence-corrected chi connectivity index (χ0v) is 16.5. The van der Waals surface area contributed by atoms with E-state index in [4.69, 9.17) is 14.6 Å². The van der Waals surface area contributed by atoms with E-state index in [2.05, 4.69) is 5.10 Å². The molecule has 0 aliphatic rings. The first kappa shape index (κ1) is 20.2. The minimum absolute atomic E-state index is 0.220. The van der Waals surface area contributed by atoms with Crippen molar-refractivity contribution in [1.29, 1.82) is 0 Å². The van der Waals surface area contributed by atoms with E-state index in [0.717, 1.165) is 5.46 Å². The Kier molecular flexibility index (Phi) is 6.02. The van der Waals surface area contributed by atoms with E-state index in [1.165, 1.54) is 13.1 Å². The molecule has 0 amide bonds. The summed E-state index contributed by atoms with van der Waals surface area (Å²) < 4.78 is 12.7. The van der Waals surface area contributed by atoms with Crippen LogP contribution in [-0.4, -0.2) is 47.2 Å². The zero-order valence-electron chi connectivity index (χ0n) is 16.5. The van der Waals surface area contributed by atoms with Crippen molar-refractivity contribution < 1.29 is 24.2 Å². The summed E-state index contributed by atoms with van der Waals surface area (Å²) in [7, 11) is 1.85. The molecule has 3 aromatic rings. The number of carboxylic acids is 1. The van der Waals surface area contributed by atoms with Gasteiger partial charge in [-0.05, 0) is 32.0 Å². The Bertz CT molecular complexity index is 1050. The maximum atomic E-state index is 13.1. The summed E-state index contributed by atoms with van der Waals surface area (Å²) in [5, 5.41) is 13.4. The molecule has 2 aromatic carbocycles. The van der Waals surface area contributed by atoms with E-state index in [1.807, 2.05) is 39.0 Å². The molecule has 0 aliphatic heterocycles. The molecule has 1 N–H and O–H groups in total. The Morgan fingerprint density at radius 1 is 1.21 bits per heavy atom. The lowest BCUT2D eigenvalue weighted by Gasteiger charge is -2.14. The topological polar surface area (TPSA) is 90.7 Å². The highest BCUT2D eigenvalue weighted by Gasteiger charge is 2.21. The van der Waals surface area contributed by atoms with Crippen molar-refractivity contribution in [2.75, 3.05) is 6.61 Å². The molecule has 8 heteroatoms. The predicted octanol–water partition coefficient (Wildman–Crippen LogP) is 1.61. The summed E-state index contributed by atoms with van der Waals surface area (Å²) in [6.07, 6.45) is 2.01. The summed E-state index contributed by atoms with van der Waals surface area (Å²) in [5.41, 5.74) is 2.22. The first-order valence-corrected chi connectivity index (χ1v) is 9.22. The minimum Gasteiger partial charge on any atom is -0.492 e. The molecule has 148 valence electrons. The number of benzene rings is 2. The van der Waals surface area contributed by atoms with Crippen molar-refractivity contribution in [3.63, 3.8) is 0 Å². The maximum Gasteiger partial charge on any atom is 0.344 e. The van der Waals surface area contributed by atoms with Crippen LogP contribution in [0.15, 0.2) is 54.9 Å². The van der Waals surface area contributed by atoms with E-state index in [-0.39, 0.29) is 17.1 Å². The molecule has 0 radical (unpaired) electrons. The number of carbonyl (C=O) groups is 2. The van der Waals surface area contributed by atoms with E-state index < -0.39 is 12.1 Å². The molecule has 0 saturated carbocycles. The van der Waals surface area contributed by atoms with Crippen molar-refractivity contribution in [1.82, 2.24) is 9.78 Å². The second-order valence-electron chi connectivity index (χ2n) is 6.50. The smallest absolute Gasteiger partial charge is 0.344 e. The lowest BCUT2D eigenvalue weighted by atomic mass is 9.92. The summed E-state index contributed by atoms with van der Waals surface area (Å²) in [4.78, 5) is 24.2. The fourth-order valence-electron chi connectivity index (χ4n) is 2.82. The molecule has 3 rings (SSSR count). The lowest BCUT2D eigenvalue weighted by molar-refractivity contribution is -0.144. The Morgan fingerprint density at radius 2 is 1.97 bits per heavy atom. The van der Waals surface area contributed by atoms with Crippen LogP contribution in [0.4, 0.5) is 0 Å². The minimum atomic E-state index is -1.11. The molecular formula is C21H21BN2O5. The van der Waals surface area contributed by atoms with Crippen molar-refractivity contribution >= 4 is 25.1 Å². The Balaban J connectivity index is 1.95. The largest absolute Gasteiger partial charge is 0.492 e. The molecule has 29 heavy (non-hydrogen) atoms. The van der Waals surface area contributed by atoms with Gasteiger partial charge in [-0.3, -0.25) is 4.79 Å². The first-order chi connectivity index (χ1) is 13.9. The number of hydrogen-bond donors (Lipinski definition) is 1. The highest BCUT2D eigenvalue weighted by atomic mass is 16.5. The third-order valence-electron chi connectivity index (χ3n) is 4.29. The molecule has 1 heterocycles. The van der Waals surface area contributed by atoms with E-state index >= 15 is 0 Å². The number of para-hydroxylation sites is 2. The number of hydrogen-bond acceptors (Lipinski definition) is 5. The van der Waals surface area contributed by atoms with Crippen LogP contribution in [0.25, 0.3) is 5.69 Å². The molecule has 1 unspecified atom stereocenters. The van der Waals surface area contributed by atoms with Crippen molar-refractivity contribution in [2.45, 2.75) is 20.0 Å². The standard InChI is InChI=1S/C21H21BN2O5/c1-3-28-19-7-5-4-6-17(19)24-12-14(11-23-24)20(25)16-10-15(22)8-9-18(16)29-13(2)21(26)27/h4-13H,3,22H2,1-2H3,(H,26,27). The molecule has 0 saturated heterocycles. The quantitative estimate of drug-likeness (QED) is 0.463. The maximum absolute atomic E-state index is 13.1. The third kappa shape index (κ3) is 4.48. The number of ketones is 1. The van der Waals surface area contributed by atoms with Crippen molar-refractivity contribution in [3.8, 4) is 17.2 Å². The molecule has 0 aliphatic carbocycles. The average Bonchev–Trinajstić information content (AvgIpc) is 3.19. The molecule has 0 fully saturated rings. The van der Waals surface area contributed by atoms with E-state index in [9.17, 15) is 9.59 Å². The second kappa shape index (κ2) is 8.64. The molecule has 0 spiro atoms. The highest BCUT2D eigenvalue weighted by molar-refractivity contribution is 6.33. The summed E-state index contributed by atoms with van der Waals surface area (Å²) >= 11 is 0. The van der Waals surface area contributed by atoms with Crippen molar-refractivity contribution in [3.05, 3.63) is 66.0 Å². The van der Waals surface area contributed by atoms with Gasteiger partial charge in [0.15, 0.2) is 11.9 Å². The van der Waals surface area contributed by atoms with Gasteiger partial charge in [-0.15, -0.1) is 0 Å². The number of carboxylic acid groups (broad SMARTS) is 1. The van der Waals surface area contributed by atoms with Crippen LogP contribution in [0.1, 0.15) is 29.8 Å². The van der Waals surface area contributed by atoms with Gasteiger partial charge in [0, 0.05) is 6.20 Å². The zero-order chi connectivity index (χ0) is 21.0. The number of rotatable bonds is 8. The van der Waals surface area contributed by atoms with Crippen LogP contribution >= 0.6 is 0 Å². The molecular weight excluding hydrogens is 371 g/mol. The molecule has 7 nitrogen and oxygen atoms in total. The second-order valence-corrected chi connectivity index (χ2v) is 6.50. The number of aliphatic carboxylic acids is 1. The fourth-order valence-corrected chi connectivity index (χ4v) is 2.82. The lowest BCUT2D eigenvalue weighted by Crippen LogP contribution is -2.24. The van der Waals surface area contributed by atoms with Gasteiger partial charge >= 0.3 is 5.97 Å². The van der Waals surface area contributed by atoms with Crippen LogP contribution < -0.4 is 14.9 Å². The average molecular weight is 392 g/mol. The van der Waals surface area contributed by atoms with Crippen LogP contribution in [-0.2, 0) is 4.79 Å². The highest BCUT2D eigenvalue weighted by Crippen LogP contribution is 2.25. The van der Waals surface area contributed by atoms with Gasteiger partial charge in [-0.25, -0.2) is 9.48 Å². The van der Waals surface area contributed by atoms with Gasteiger partial charge in [0.25, 0.3) is 0 Å². The summed E-state index contributed by atoms with van der Waals surface area (Å²) in [6, 6.07) is 12.5. The van der Waals surface area contributed by atoms with Crippen LogP contribution in [0.2, 0.25) is 0 Å². The third-order valence-corrected chi connectivity index (χ3v) is 4.29. The number of nitrogens with zero attached hydrogens (tertiary/aromatic N) is 2. The van der Waals surface area contributed by atoms with Gasteiger partial charge in [0.05, 0.1) is 23.9 Å². The Labute approximate surface area is 169 Å². The van der Waals surface area contributed by atoms with Crippen LogP contribution in [0, 0.1) is 0 Å². The van der Waals surface area contributed by atoms with Gasteiger partial charge in [0.1, 0.15) is 25.0 Å². The van der Waals surface area contributed by atoms with Gasteiger partial charge in [-0.1, -0.05) is 29.7 Å². The predicted molar refractivity (Wildman–Crippen MR) is 111 cm³/mol. The van der Waals surface area contributed by atoms with Gasteiger partial charge in [-0.2, -0.15) is 5.10 Å². The first-order valence-electron chi connectivity index (χ1n) is 9.22. The summed E-state index contributed by atoms with van der Waals surface area (Å²) in [6.45, 7) is 3.82. The Morgan fingerprint density at radius 3 is 2.69 bits per heavy atom.